The predicted molar refractivity (Wildman–Crippen MR) is 227 cm³/mol. The zero-order valence-corrected chi connectivity index (χ0v) is 30.1. The summed E-state index contributed by atoms with van der Waals surface area (Å²) in [7, 11) is 0. The minimum Gasteiger partial charge on any atom is -0.309 e. The first-order chi connectivity index (χ1) is 26.6. The van der Waals surface area contributed by atoms with Crippen LogP contribution in [0.15, 0.2) is 176 Å². The summed E-state index contributed by atoms with van der Waals surface area (Å²) in [6, 6.07) is 65.2. The molecule has 0 N–H and O–H groups in total. The van der Waals surface area contributed by atoms with Crippen LogP contribution in [0.3, 0.4) is 0 Å². The van der Waals surface area contributed by atoms with Crippen molar-refractivity contribution in [2.75, 3.05) is 0 Å². The molecule has 0 radical (unpaired) electrons. The Balaban J connectivity index is 1.12. The fraction of sp³-hybridized carbons (Fsp3) is 0.0588. The number of hydrogen-bond acceptors (Lipinski definition) is 0. The molecule has 3 heterocycles. The lowest BCUT2D eigenvalue weighted by Crippen LogP contribution is -2.15. The number of fused-ring (bicyclic) bond motifs is 12. The summed E-state index contributed by atoms with van der Waals surface area (Å²) in [6.07, 6.45) is 0. The van der Waals surface area contributed by atoms with Crippen molar-refractivity contribution < 1.29 is 0 Å². The van der Waals surface area contributed by atoms with E-state index in [1.807, 2.05) is 0 Å². The highest BCUT2D eigenvalue weighted by Gasteiger charge is 2.35. The van der Waals surface area contributed by atoms with Crippen LogP contribution < -0.4 is 0 Å². The maximum absolute atomic E-state index is 2.48. The Kier molecular flexibility index (Phi) is 5.84. The molecule has 12 rings (SSSR count). The third-order valence-corrected chi connectivity index (χ3v) is 12.2. The van der Waals surface area contributed by atoms with Crippen LogP contribution in [0.2, 0.25) is 0 Å². The Hall–Kier alpha value is -6.84. The van der Waals surface area contributed by atoms with E-state index < -0.39 is 0 Å². The van der Waals surface area contributed by atoms with Crippen LogP contribution in [0.1, 0.15) is 25.0 Å². The summed E-state index contributed by atoms with van der Waals surface area (Å²) >= 11 is 0. The lowest BCUT2D eigenvalue weighted by atomic mass is 9.82. The molecule has 54 heavy (non-hydrogen) atoms. The van der Waals surface area contributed by atoms with Crippen molar-refractivity contribution in [3.8, 4) is 28.2 Å². The molecule has 1 aliphatic carbocycles. The van der Waals surface area contributed by atoms with Gasteiger partial charge in [-0.15, -0.1) is 0 Å². The topological polar surface area (TPSA) is 14.8 Å². The molecule has 0 fully saturated rings. The minimum atomic E-state index is -0.0805. The van der Waals surface area contributed by atoms with Crippen molar-refractivity contribution in [1.29, 1.82) is 0 Å². The standard InChI is InChI=1S/C51H35N3/c1-51(2)43-18-8-3-13-35(43)36-26-23-32(29-44(36)51)53-47-21-11-6-16-39(47)41-28-25-34(31-49(41)53)54-48-22-12-7-17-40(48)42-27-24-33(30-50(42)54)52-45-19-9-4-14-37(45)38-15-5-10-20-46(38)52/h3-31H,1-2H3. The van der Waals surface area contributed by atoms with E-state index in [1.54, 1.807) is 0 Å². The second-order valence-corrected chi connectivity index (χ2v) is 15.4. The quantitative estimate of drug-likeness (QED) is 0.175. The van der Waals surface area contributed by atoms with Gasteiger partial charge in [0.25, 0.3) is 0 Å². The average Bonchev–Trinajstić information content (AvgIpc) is 3.91. The first-order valence-electron chi connectivity index (χ1n) is 18.9. The first-order valence-corrected chi connectivity index (χ1v) is 18.9. The van der Waals surface area contributed by atoms with Gasteiger partial charge in [-0.25, -0.2) is 0 Å². The van der Waals surface area contributed by atoms with E-state index >= 15 is 0 Å². The molecule has 11 aromatic rings. The van der Waals surface area contributed by atoms with Gasteiger partial charge in [-0.2, -0.15) is 0 Å². The summed E-state index contributed by atoms with van der Waals surface area (Å²) in [6.45, 7) is 4.72. The Labute approximate surface area is 312 Å². The predicted octanol–water partition coefficient (Wildman–Crippen LogP) is 13.3. The molecule has 1 aliphatic rings. The van der Waals surface area contributed by atoms with Crippen LogP contribution in [-0.2, 0) is 5.41 Å². The Morgan fingerprint density at radius 2 is 0.648 bits per heavy atom. The maximum atomic E-state index is 2.48. The van der Waals surface area contributed by atoms with Crippen LogP contribution in [0.5, 0.6) is 0 Å². The summed E-state index contributed by atoms with van der Waals surface area (Å²) in [4.78, 5) is 0. The SMILES string of the molecule is CC1(C)c2ccccc2-c2ccc(-n3c4ccccc4c4ccc(-n5c6ccccc6c6ccc(-n7c8ccccc8c8ccccc87)cc65)cc43)cc21. The molecule has 0 saturated carbocycles. The highest BCUT2D eigenvalue weighted by Crippen LogP contribution is 2.49. The van der Waals surface area contributed by atoms with Crippen LogP contribution in [0.25, 0.3) is 93.6 Å². The van der Waals surface area contributed by atoms with Gasteiger partial charge in [-0.05, 0) is 82.9 Å². The normalized spacial score (nSPS) is 13.5. The summed E-state index contributed by atoms with van der Waals surface area (Å²) in [5.41, 5.74) is 16.1. The first kappa shape index (κ1) is 29.7. The van der Waals surface area contributed by atoms with Gasteiger partial charge in [-0.3, -0.25) is 0 Å². The van der Waals surface area contributed by atoms with E-state index in [0.29, 0.717) is 0 Å². The molecule has 0 amide bonds. The second-order valence-electron chi connectivity index (χ2n) is 15.4. The monoisotopic (exact) mass is 689 g/mol. The van der Waals surface area contributed by atoms with E-state index in [-0.39, 0.29) is 5.41 Å². The van der Waals surface area contributed by atoms with Gasteiger partial charge in [-0.1, -0.05) is 129 Å². The average molecular weight is 690 g/mol. The molecule has 0 atom stereocenters. The lowest BCUT2D eigenvalue weighted by molar-refractivity contribution is 0.660. The van der Waals surface area contributed by atoms with Gasteiger partial charge in [0, 0.05) is 54.8 Å². The van der Waals surface area contributed by atoms with Crippen molar-refractivity contribution in [2.24, 2.45) is 0 Å². The second kappa shape index (κ2) is 10.6. The van der Waals surface area contributed by atoms with E-state index in [2.05, 4.69) is 203 Å². The molecule has 0 bridgehead atoms. The molecule has 3 aromatic heterocycles. The molecule has 254 valence electrons. The van der Waals surface area contributed by atoms with Gasteiger partial charge >= 0.3 is 0 Å². The minimum absolute atomic E-state index is 0.0805. The molecular formula is C51H35N3. The van der Waals surface area contributed by atoms with Gasteiger partial charge in [0.2, 0.25) is 0 Å². The number of nitrogens with zero attached hydrogens (tertiary/aromatic N) is 3. The van der Waals surface area contributed by atoms with Crippen molar-refractivity contribution in [1.82, 2.24) is 13.7 Å². The van der Waals surface area contributed by atoms with E-state index in [9.17, 15) is 0 Å². The number of rotatable bonds is 3. The third kappa shape index (κ3) is 3.85. The third-order valence-electron chi connectivity index (χ3n) is 12.2. The summed E-state index contributed by atoms with van der Waals surface area (Å²) < 4.78 is 7.36. The molecular weight excluding hydrogens is 655 g/mol. The largest absolute Gasteiger partial charge is 0.309 e. The van der Waals surface area contributed by atoms with E-state index in [4.69, 9.17) is 0 Å². The molecule has 0 saturated heterocycles. The van der Waals surface area contributed by atoms with Crippen molar-refractivity contribution in [3.05, 3.63) is 187 Å². The molecule has 0 unspecified atom stereocenters. The number of benzene rings is 8. The molecule has 0 aliphatic heterocycles. The molecule has 0 spiro atoms. The number of para-hydroxylation sites is 4. The van der Waals surface area contributed by atoms with Gasteiger partial charge < -0.3 is 13.7 Å². The highest BCUT2D eigenvalue weighted by atomic mass is 15.0. The zero-order chi connectivity index (χ0) is 35.7. The Morgan fingerprint density at radius 3 is 1.15 bits per heavy atom. The van der Waals surface area contributed by atoms with Gasteiger partial charge in [0.15, 0.2) is 0 Å². The fourth-order valence-corrected chi connectivity index (χ4v) is 9.78. The smallest absolute Gasteiger partial charge is 0.0561 e. The molecule has 3 nitrogen and oxygen atoms in total. The molecule has 3 heteroatoms. The van der Waals surface area contributed by atoms with Crippen LogP contribution >= 0.6 is 0 Å². The van der Waals surface area contributed by atoms with Crippen molar-refractivity contribution >= 4 is 65.4 Å². The maximum Gasteiger partial charge on any atom is 0.0561 e. The summed E-state index contributed by atoms with van der Waals surface area (Å²) in [5.74, 6) is 0. The van der Waals surface area contributed by atoms with E-state index in [1.165, 1.54) is 93.4 Å². The fourth-order valence-electron chi connectivity index (χ4n) is 9.78. The highest BCUT2D eigenvalue weighted by molar-refractivity contribution is 6.13. The number of hydrogen-bond donors (Lipinski definition) is 0. The van der Waals surface area contributed by atoms with Crippen LogP contribution in [0.4, 0.5) is 0 Å². The van der Waals surface area contributed by atoms with Crippen molar-refractivity contribution in [3.63, 3.8) is 0 Å². The number of aromatic nitrogens is 3. The Bertz CT molecular complexity index is 3310. The van der Waals surface area contributed by atoms with E-state index in [0.717, 1.165) is 11.4 Å². The zero-order valence-electron chi connectivity index (χ0n) is 30.1. The lowest BCUT2D eigenvalue weighted by Gasteiger charge is -2.22. The van der Waals surface area contributed by atoms with Crippen LogP contribution in [-0.4, -0.2) is 13.7 Å². The van der Waals surface area contributed by atoms with Crippen LogP contribution in [0, 0.1) is 0 Å². The van der Waals surface area contributed by atoms with Gasteiger partial charge in [0.05, 0.1) is 33.1 Å². The van der Waals surface area contributed by atoms with Gasteiger partial charge in [0.1, 0.15) is 0 Å². The van der Waals surface area contributed by atoms with Crippen molar-refractivity contribution in [2.45, 2.75) is 19.3 Å². The molecule has 8 aromatic carbocycles. The summed E-state index contributed by atoms with van der Waals surface area (Å²) in [5, 5.41) is 7.55. The Morgan fingerprint density at radius 1 is 0.296 bits per heavy atom.